The first-order chi connectivity index (χ1) is 12.3. The minimum absolute atomic E-state index is 1.25. The highest BCUT2D eigenvalue weighted by Crippen LogP contribution is 2.35. The summed E-state index contributed by atoms with van der Waals surface area (Å²) < 4.78 is 4.56. The number of benzene rings is 3. The Labute approximate surface area is 146 Å². The van der Waals surface area contributed by atoms with E-state index in [0.29, 0.717) is 0 Å². The molecule has 0 aliphatic heterocycles. The van der Waals surface area contributed by atoms with Gasteiger partial charge in [0.15, 0.2) is 7.05 Å². The maximum atomic E-state index is 2.36. The van der Waals surface area contributed by atoms with Gasteiger partial charge in [-0.3, -0.25) is 0 Å². The maximum Gasteiger partial charge on any atom is 0.204 e. The zero-order valence-electron chi connectivity index (χ0n) is 14.4. The van der Waals surface area contributed by atoms with Gasteiger partial charge in [0.2, 0.25) is 6.20 Å². The molecule has 120 valence electrons. The monoisotopic (exact) mass is 323 g/mol. The SMILES string of the molecule is Cc1cccc2c3ccccc3c3c(-c4ccccc4)c[n+](C)n3c12. The Hall–Kier alpha value is -3.13. The lowest BCUT2D eigenvalue weighted by Gasteiger charge is -2.09. The molecule has 0 spiro atoms. The summed E-state index contributed by atoms with van der Waals surface area (Å²) in [4.78, 5) is 0. The van der Waals surface area contributed by atoms with Gasteiger partial charge in [0, 0.05) is 10.8 Å². The van der Waals surface area contributed by atoms with Gasteiger partial charge in [0.25, 0.3) is 0 Å². The van der Waals surface area contributed by atoms with Crippen molar-refractivity contribution in [3.63, 3.8) is 0 Å². The average molecular weight is 323 g/mol. The molecule has 0 atom stereocenters. The first-order valence-electron chi connectivity index (χ1n) is 8.62. The van der Waals surface area contributed by atoms with Gasteiger partial charge in [-0.2, -0.15) is 0 Å². The van der Waals surface area contributed by atoms with Crippen molar-refractivity contribution in [1.82, 2.24) is 4.52 Å². The molecule has 5 rings (SSSR count). The van der Waals surface area contributed by atoms with Crippen molar-refractivity contribution in [2.24, 2.45) is 7.05 Å². The fraction of sp³-hybridized carbons (Fsp3) is 0.0870. The van der Waals surface area contributed by atoms with E-state index in [0.717, 1.165) is 0 Å². The van der Waals surface area contributed by atoms with E-state index in [9.17, 15) is 0 Å². The van der Waals surface area contributed by atoms with Gasteiger partial charge in [-0.1, -0.05) is 72.8 Å². The predicted molar refractivity (Wildman–Crippen MR) is 104 cm³/mol. The largest absolute Gasteiger partial charge is 0.204 e. The summed E-state index contributed by atoms with van der Waals surface area (Å²) in [6, 6.07) is 26.0. The van der Waals surface area contributed by atoms with E-state index in [4.69, 9.17) is 0 Å². The first kappa shape index (κ1) is 14.2. The van der Waals surface area contributed by atoms with E-state index in [-0.39, 0.29) is 0 Å². The smallest absolute Gasteiger partial charge is 0.119 e. The van der Waals surface area contributed by atoms with E-state index in [2.05, 4.69) is 102 Å². The van der Waals surface area contributed by atoms with Crippen LogP contribution in [0.4, 0.5) is 0 Å². The average Bonchev–Trinajstić information content (AvgIpc) is 3.00. The molecule has 0 aliphatic rings. The van der Waals surface area contributed by atoms with E-state index in [1.54, 1.807) is 0 Å². The lowest BCUT2D eigenvalue weighted by Crippen LogP contribution is -2.34. The van der Waals surface area contributed by atoms with E-state index in [1.165, 1.54) is 43.9 Å². The molecule has 0 aliphatic carbocycles. The fourth-order valence-corrected chi connectivity index (χ4v) is 4.02. The second kappa shape index (κ2) is 5.18. The van der Waals surface area contributed by atoms with Crippen LogP contribution in [0.2, 0.25) is 0 Å². The predicted octanol–water partition coefficient (Wildman–Crippen LogP) is 5.05. The molecule has 0 radical (unpaired) electrons. The van der Waals surface area contributed by atoms with E-state index in [1.807, 2.05) is 0 Å². The molecule has 0 saturated heterocycles. The molecular weight excluding hydrogens is 304 g/mol. The number of rotatable bonds is 1. The Balaban J connectivity index is 2.12. The van der Waals surface area contributed by atoms with Gasteiger partial charge in [-0.05, 0) is 23.4 Å². The van der Waals surface area contributed by atoms with E-state index < -0.39 is 0 Å². The quantitative estimate of drug-likeness (QED) is 0.301. The van der Waals surface area contributed by atoms with Gasteiger partial charge in [0.1, 0.15) is 11.0 Å². The molecule has 0 bridgehead atoms. The molecule has 0 amide bonds. The molecule has 3 aromatic carbocycles. The Morgan fingerprint density at radius 1 is 0.680 bits per heavy atom. The Morgan fingerprint density at radius 2 is 1.32 bits per heavy atom. The molecular formula is C23H19N2+. The van der Waals surface area contributed by atoms with Gasteiger partial charge < -0.3 is 0 Å². The third-order valence-electron chi connectivity index (χ3n) is 5.11. The van der Waals surface area contributed by atoms with Crippen LogP contribution in [0.3, 0.4) is 0 Å². The Morgan fingerprint density at radius 3 is 2.12 bits per heavy atom. The summed E-state index contributed by atoms with van der Waals surface area (Å²) in [7, 11) is 2.13. The number of aromatic nitrogens is 2. The number of para-hydroxylation sites is 1. The Bertz CT molecular complexity index is 1250. The van der Waals surface area contributed by atoms with Gasteiger partial charge in [-0.25, -0.2) is 0 Å². The second-order valence-electron chi connectivity index (χ2n) is 6.66. The van der Waals surface area contributed by atoms with Gasteiger partial charge in [0.05, 0.1) is 5.56 Å². The lowest BCUT2D eigenvalue weighted by atomic mass is 9.99. The summed E-state index contributed by atoms with van der Waals surface area (Å²) in [5, 5.41) is 3.90. The van der Waals surface area contributed by atoms with Crippen LogP contribution in [-0.4, -0.2) is 4.52 Å². The standard InChI is InChI=1S/C23H19N2/c1-16-9-8-14-19-18-12-6-7-13-20(18)23-21(17-10-4-3-5-11-17)15-24(2)25(23)22(16)19/h3-15H,1-2H3/q+1. The number of hydrogen-bond acceptors (Lipinski definition) is 0. The summed E-state index contributed by atoms with van der Waals surface area (Å²) >= 11 is 0. The second-order valence-corrected chi connectivity index (χ2v) is 6.66. The zero-order chi connectivity index (χ0) is 17.0. The molecule has 2 nitrogen and oxygen atoms in total. The lowest BCUT2D eigenvalue weighted by molar-refractivity contribution is -0.735. The fourth-order valence-electron chi connectivity index (χ4n) is 4.02. The number of hydrogen-bond donors (Lipinski definition) is 0. The van der Waals surface area contributed by atoms with Crippen molar-refractivity contribution in [3.05, 3.63) is 84.6 Å². The molecule has 2 heterocycles. The highest BCUT2D eigenvalue weighted by molar-refractivity contribution is 6.15. The molecule has 0 unspecified atom stereocenters. The van der Waals surface area contributed by atoms with Crippen LogP contribution >= 0.6 is 0 Å². The molecule has 5 aromatic rings. The highest BCUT2D eigenvalue weighted by atomic mass is 15.3. The summed E-state index contributed by atoms with van der Waals surface area (Å²) in [5.41, 5.74) is 6.36. The topological polar surface area (TPSA) is 8.29 Å². The molecule has 2 heteroatoms. The van der Waals surface area contributed by atoms with E-state index >= 15 is 0 Å². The van der Waals surface area contributed by atoms with Crippen LogP contribution in [0.25, 0.3) is 38.3 Å². The third kappa shape index (κ3) is 1.94. The van der Waals surface area contributed by atoms with Crippen LogP contribution in [-0.2, 0) is 7.05 Å². The minimum Gasteiger partial charge on any atom is -0.119 e. The van der Waals surface area contributed by atoms with Crippen LogP contribution in [0.5, 0.6) is 0 Å². The van der Waals surface area contributed by atoms with Gasteiger partial charge in [-0.15, -0.1) is 9.20 Å². The molecule has 25 heavy (non-hydrogen) atoms. The molecule has 2 aromatic heterocycles. The molecule has 0 saturated carbocycles. The Kier molecular flexibility index (Phi) is 2.95. The van der Waals surface area contributed by atoms with Crippen molar-refractivity contribution in [1.29, 1.82) is 0 Å². The zero-order valence-corrected chi connectivity index (χ0v) is 14.4. The summed E-state index contributed by atoms with van der Waals surface area (Å²) in [5.74, 6) is 0. The molecule has 0 fully saturated rings. The number of nitrogens with zero attached hydrogens (tertiary/aromatic N) is 2. The van der Waals surface area contributed by atoms with Crippen molar-refractivity contribution in [2.75, 3.05) is 0 Å². The van der Waals surface area contributed by atoms with Crippen LogP contribution in [0.15, 0.2) is 79.0 Å². The highest BCUT2D eigenvalue weighted by Gasteiger charge is 2.21. The molecule has 0 N–H and O–H groups in total. The van der Waals surface area contributed by atoms with Crippen molar-refractivity contribution >= 4 is 27.2 Å². The van der Waals surface area contributed by atoms with Crippen molar-refractivity contribution < 1.29 is 4.68 Å². The van der Waals surface area contributed by atoms with Crippen LogP contribution in [0, 0.1) is 6.92 Å². The number of fused-ring (bicyclic) bond motifs is 6. The van der Waals surface area contributed by atoms with Gasteiger partial charge >= 0.3 is 0 Å². The number of pyridine rings is 1. The summed E-state index contributed by atoms with van der Waals surface area (Å²) in [6.07, 6.45) is 2.24. The van der Waals surface area contributed by atoms with Crippen LogP contribution in [0.1, 0.15) is 5.56 Å². The third-order valence-corrected chi connectivity index (χ3v) is 5.11. The first-order valence-corrected chi connectivity index (χ1v) is 8.62. The summed E-state index contributed by atoms with van der Waals surface area (Å²) in [6.45, 7) is 2.19. The normalized spacial score (nSPS) is 11.6. The number of aryl methyl sites for hydroxylation is 2. The maximum absolute atomic E-state index is 2.36. The minimum atomic E-state index is 1.25. The van der Waals surface area contributed by atoms with Crippen molar-refractivity contribution in [3.8, 4) is 11.1 Å². The van der Waals surface area contributed by atoms with Crippen LogP contribution < -0.4 is 4.68 Å². The van der Waals surface area contributed by atoms with Crippen molar-refractivity contribution in [2.45, 2.75) is 6.92 Å².